The molecule has 0 radical (unpaired) electrons. The standard InChI is InChI=1S/C30H33BFN3O4/c1-29(2)30(3,4)39-31(38-29)20(15-19-13-14-27(35-33)26(32)16-19)17-34-28(36)37-18-25-23-11-7-5-9-21(23)22-10-6-8-12-24(22)25/h5-16,25,35H,17-18,33H2,1-4H3,(H,34,36). The second-order valence-corrected chi connectivity index (χ2v) is 10.9. The van der Waals surface area contributed by atoms with E-state index in [9.17, 15) is 9.18 Å². The van der Waals surface area contributed by atoms with Gasteiger partial charge in [0, 0.05) is 12.5 Å². The summed E-state index contributed by atoms with van der Waals surface area (Å²) in [5.74, 6) is 4.82. The molecule has 0 spiro atoms. The zero-order valence-corrected chi connectivity index (χ0v) is 22.6. The van der Waals surface area contributed by atoms with Gasteiger partial charge < -0.3 is 24.8 Å². The van der Waals surface area contributed by atoms with Crippen molar-refractivity contribution in [2.45, 2.75) is 44.8 Å². The SMILES string of the molecule is CC1(C)OB(C(=Cc2ccc(NN)c(F)c2)CNC(=O)OCC2c3ccccc3-c3ccccc32)OC1(C)C. The van der Waals surface area contributed by atoms with E-state index in [-0.39, 0.29) is 24.8 Å². The Morgan fingerprint density at radius 1 is 1.00 bits per heavy atom. The number of benzene rings is 3. The number of carbonyl (C=O) groups excluding carboxylic acids is 1. The predicted octanol–water partition coefficient (Wildman–Crippen LogP) is 5.66. The second-order valence-electron chi connectivity index (χ2n) is 10.9. The number of nitrogens with two attached hydrogens (primary N) is 1. The zero-order chi connectivity index (χ0) is 27.8. The molecule has 1 saturated heterocycles. The van der Waals surface area contributed by atoms with E-state index < -0.39 is 30.2 Å². The molecule has 1 heterocycles. The van der Waals surface area contributed by atoms with Crippen LogP contribution in [0.5, 0.6) is 0 Å². The molecule has 1 fully saturated rings. The predicted molar refractivity (Wildman–Crippen MR) is 151 cm³/mol. The number of hydrazine groups is 1. The number of alkyl carbamates (subject to hydrolysis) is 1. The first-order chi connectivity index (χ1) is 18.6. The van der Waals surface area contributed by atoms with Crippen LogP contribution < -0.4 is 16.6 Å². The number of ether oxygens (including phenoxy) is 1. The summed E-state index contributed by atoms with van der Waals surface area (Å²) in [7, 11) is -0.737. The van der Waals surface area contributed by atoms with Crippen molar-refractivity contribution in [1.82, 2.24) is 5.32 Å². The highest BCUT2D eigenvalue weighted by molar-refractivity contribution is 6.56. The minimum absolute atomic E-state index is 0.0427. The van der Waals surface area contributed by atoms with Gasteiger partial charge in [0.2, 0.25) is 0 Å². The van der Waals surface area contributed by atoms with Gasteiger partial charge >= 0.3 is 13.2 Å². The minimum atomic E-state index is -0.737. The molecule has 5 rings (SSSR count). The summed E-state index contributed by atoms with van der Waals surface area (Å²) >= 11 is 0. The Morgan fingerprint density at radius 3 is 2.15 bits per heavy atom. The van der Waals surface area contributed by atoms with Crippen LogP contribution in [0.2, 0.25) is 0 Å². The van der Waals surface area contributed by atoms with Crippen molar-refractivity contribution >= 4 is 25.0 Å². The number of rotatable bonds is 7. The lowest BCUT2D eigenvalue weighted by Gasteiger charge is -2.32. The minimum Gasteiger partial charge on any atom is -0.449 e. The lowest BCUT2D eigenvalue weighted by molar-refractivity contribution is 0.00578. The van der Waals surface area contributed by atoms with Gasteiger partial charge in [0.1, 0.15) is 12.4 Å². The Balaban J connectivity index is 1.31. The second kappa shape index (κ2) is 10.5. The number of amides is 1. The third kappa shape index (κ3) is 5.30. The zero-order valence-electron chi connectivity index (χ0n) is 22.6. The van der Waals surface area contributed by atoms with Crippen LogP contribution in [0.4, 0.5) is 14.9 Å². The van der Waals surface area contributed by atoms with Crippen LogP contribution in [0.3, 0.4) is 0 Å². The summed E-state index contributed by atoms with van der Waals surface area (Å²) < 4.78 is 32.5. The fourth-order valence-electron chi connectivity index (χ4n) is 4.97. The molecule has 4 N–H and O–H groups in total. The molecule has 1 amide bonds. The number of carbonyl (C=O) groups is 1. The van der Waals surface area contributed by atoms with Gasteiger partial charge in [-0.05, 0) is 73.1 Å². The maximum atomic E-state index is 14.4. The average molecular weight is 529 g/mol. The Hall–Kier alpha value is -3.66. The van der Waals surface area contributed by atoms with Gasteiger partial charge in [-0.25, -0.2) is 9.18 Å². The van der Waals surface area contributed by atoms with Crippen molar-refractivity contribution in [2.75, 3.05) is 18.6 Å². The van der Waals surface area contributed by atoms with Crippen LogP contribution in [0, 0.1) is 5.82 Å². The fourth-order valence-corrected chi connectivity index (χ4v) is 4.97. The molecular weight excluding hydrogens is 496 g/mol. The molecule has 1 aliphatic heterocycles. The highest BCUT2D eigenvalue weighted by atomic mass is 19.1. The van der Waals surface area contributed by atoms with Crippen molar-refractivity contribution in [1.29, 1.82) is 0 Å². The summed E-state index contributed by atoms with van der Waals surface area (Å²) in [4.78, 5) is 12.9. The van der Waals surface area contributed by atoms with Gasteiger partial charge in [-0.3, -0.25) is 5.84 Å². The number of hydrogen-bond acceptors (Lipinski definition) is 6. The fraction of sp³-hybridized carbons (Fsp3) is 0.300. The van der Waals surface area contributed by atoms with E-state index in [2.05, 4.69) is 35.0 Å². The topological polar surface area (TPSA) is 94.8 Å². The largest absolute Gasteiger partial charge is 0.492 e. The normalized spacial score (nSPS) is 17.5. The van der Waals surface area contributed by atoms with Crippen LogP contribution >= 0.6 is 0 Å². The molecule has 0 aromatic heterocycles. The molecule has 2 aliphatic rings. The van der Waals surface area contributed by atoms with E-state index in [1.165, 1.54) is 6.07 Å². The molecule has 39 heavy (non-hydrogen) atoms. The summed E-state index contributed by atoms with van der Waals surface area (Å²) in [5.41, 5.74) is 7.14. The van der Waals surface area contributed by atoms with Gasteiger partial charge in [-0.15, -0.1) is 0 Å². The van der Waals surface area contributed by atoms with Crippen molar-refractivity contribution in [3.05, 3.63) is 94.7 Å². The quantitative estimate of drug-likeness (QED) is 0.208. The van der Waals surface area contributed by atoms with E-state index in [4.69, 9.17) is 19.9 Å². The lowest BCUT2D eigenvalue weighted by Crippen LogP contribution is -2.41. The van der Waals surface area contributed by atoms with Gasteiger partial charge in [0.25, 0.3) is 0 Å². The first kappa shape index (κ1) is 26.9. The van der Waals surface area contributed by atoms with Crippen LogP contribution in [0.15, 0.2) is 72.2 Å². The van der Waals surface area contributed by atoms with E-state index in [1.54, 1.807) is 18.2 Å². The third-order valence-corrected chi connectivity index (χ3v) is 7.84. The van der Waals surface area contributed by atoms with Crippen molar-refractivity contribution in [2.24, 2.45) is 5.84 Å². The Kier molecular flexibility index (Phi) is 7.24. The molecule has 0 unspecified atom stereocenters. The van der Waals surface area contributed by atoms with Gasteiger partial charge in [-0.2, -0.15) is 0 Å². The molecule has 3 aromatic rings. The Morgan fingerprint density at radius 2 is 1.59 bits per heavy atom. The molecule has 202 valence electrons. The number of nitrogens with one attached hydrogen (secondary N) is 2. The molecule has 9 heteroatoms. The highest BCUT2D eigenvalue weighted by Crippen LogP contribution is 2.44. The summed E-state index contributed by atoms with van der Waals surface area (Å²) in [6, 6.07) is 21.0. The van der Waals surface area contributed by atoms with E-state index in [0.717, 1.165) is 22.3 Å². The maximum Gasteiger partial charge on any atom is 0.492 e. The van der Waals surface area contributed by atoms with Crippen LogP contribution in [-0.2, 0) is 14.0 Å². The highest BCUT2D eigenvalue weighted by Gasteiger charge is 2.52. The number of hydrogen-bond donors (Lipinski definition) is 3. The molecule has 0 bridgehead atoms. The monoisotopic (exact) mass is 529 g/mol. The molecule has 1 aliphatic carbocycles. The average Bonchev–Trinajstić information content (AvgIpc) is 3.34. The maximum absolute atomic E-state index is 14.4. The van der Waals surface area contributed by atoms with Gasteiger partial charge in [0.15, 0.2) is 0 Å². The smallest absolute Gasteiger partial charge is 0.449 e. The van der Waals surface area contributed by atoms with E-state index in [0.29, 0.717) is 11.0 Å². The Bertz CT molecular complexity index is 1360. The summed E-state index contributed by atoms with van der Waals surface area (Å²) in [6.45, 7) is 8.09. The molecule has 7 nitrogen and oxygen atoms in total. The summed E-state index contributed by atoms with van der Waals surface area (Å²) in [6.07, 6.45) is 1.18. The first-order valence-electron chi connectivity index (χ1n) is 13.0. The Labute approximate surface area is 228 Å². The number of halogens is 1. The van der Waals surface area contributed by atoms with Crippen LogP contribution in [-0.4, -0.2) is 37.6 Å². The van der Waals surface area contributed by atoms with Crippen molar-refractivity contribution in [3.63, 3.8) is 0 Å². The van der Waals surface area contributed by atoms with Gasteiger partial charge in [0.05, 0.1) is 16.9 Å². The molecule has 3 aromatic carbocycles. The van der Waals surface area contributed by atoms with E-state index in [1.807, 2.05) is 52.0 Å². The summed E-state index contributed by atoms with van der Waals surface area (Å²) in [5, 5.41) is 2.83. The number of anilines is 1. The molecule has 0 saturated carbocycles. The van der Waals surface area contributed by atoms with E-state index >= 15 is 0 Å². The van der Waals surface area contributed by atoms with Crippen molar-refractivity contribution in [3.8, 4) is 11.1 Å². The van der Waals surface area contributed by atoms with Crippen LogP contribution in [0.1, 0.15) is 50.3 Å². The van der Waals surface area contributed by atoms with Crippen molar-refractivity contribution < 1.29 is 23.2 Å². The molecular formula is C30H33BFN3O4. The number of nitrogen functional groups attached to an aromatic ring is 1. The third-order valence-electron chi connectivity index (χ3n) is 7.84. The van der Waals surface area contributed by atoms with Crippen LogP contribution in [0.25, 0.3) is 17.2 Å². The first-order valence-corrected chi connectivity index (χ1v) is 13.0. The van der Waals surface area contributed by atoms with Gasteiger partial charge in [-0.1, -0.05) is 60.7 Å². The number of fused-ring (bicyclic) bond motifs is 3. The lowest BCUT2D eigenvalue weighted by atomic mass is 9.77. The molecule has 0 atom stereocenters.